The van der Waals surface area contributed by atoms with Gasteiger partial charge in [-0.25, -0.2) is 4.99 Å². The fourth-order valence-corrected chi connectivity index (χ4v) is 5.29. The quantitative estimate of drug-likeness (QED) is 0.738. The van der Waals surface area contributed by atoms with Gasteiger partial charge in [0.1, 0.15) is 17.4 Å². The van der Waals surface area contributed by atoms with Crippen molar-refractivity contribution in [3.8, 4) is 5.75 Å². The third-order valence-corrected chi connectivity index (χ3v) is 6.34. The van der Waals surface area contributed by atoms with Crippen LogP contribution in [0.2, 0.25) is 0 Å². The molecular weight excluding hydrogens is 350 g/mol. The summed E-state index contributed by atoms with van der Waals surface area (Å²) in [5.41, 5.74) is 13.1. The first kappa shape index (κ1) is 13.9. The summed E-state index contributed by atoms with van der Waals surface area (Å²) in [6, 6.07) is 6.44. The van der Waals surface area contributed by atoms with Crippen molar-refractivity contribution in [2.45, 2.75) is 36.9 Å². The van der Waals surface area contributed by atoms with Crippen LogP contribution in [0.5, 0.6) is 5.75 Å². The summed E-state index contributed by atoms with van der Waals surface area (Å²) < 4.78 is 7.31. The number of hydrogen-bond acceptors (Lipinski definition) is 5. The van der Waals surface area contributed by atoms with Gasteiger partial charge < -0.3 is 16.2 Å². The molecule has 0 amide bonds. The zero-order chi connectivity index (χ0) is 14.6. The minimum atomic E-state index is -0.269. The van der Waals surface area contributed by atoms with Crippen molar-refractivity contribution in [2.75, 3.05) is 5.75 Å². The van der Waals surface area contributed by atoms with Crippen molar-refractivity contribution in [3.63, 3.8) is 0 Å². The van der Waals surface area contributed by atoms with Crippen LogP contribution in [-0.4, -0.2) is 23.1 Å². The summed E-state index contributed by atoms with van der Waals surface area (Å²) >= 11 is 5.21. The zero-order valence-electron chi connectivity index (χ0n) is 11.6. The lowest BCUT2D eigenvalue weighted by Crippen LogP contribution is -2.52. The number of halogens is 1. The van der Waals surface area contributed by atoms with Crippen molar-refractivity contribution in [1.82, 2.24) is 0 Å². The summed E-state index contributed by atoms with van der Waals surface area (Å²) in [5, 5.41) is 0.681. The molecule has 4 atom stereocenters. The van der Waals surface area contributed by atoms with Gasteiger partial charge in [0, 0.05) is 27.7 Å². The molecule has 0 radical (unpaired) electrons. The van der Waals surface area contributed by atoms with Crippen molar-refractivity contribution in [1.29, 1.82) is 0 Å². The molecule has 2 heterocycles. The van der Waals surface area contributed by atoms with E-state index >= 15 is 0 Å². The second kappa shape index (κ2) is 4.89. The smallest absolute Gasteiger partial charge is 0.154 e. The minimum Gasteiger partial charge on any atom is -0.490 e. The van der Waals surface area contributed by atoms with Crippen LogP contribution in [0.3, 0.4) is 0 Å². The minimum absolute atomic E-state index is 0.203. The second-order valence-corrected chi connectivity index (χ2v) is 8.05. The standard InChI is InChI=1S/C15H18BrN3OS/c16-8-1-3-12-10(5-8)15(7-21-14(18)19-15)11-6-9(17)2-4-13(11)20-12/h1,3,5,9,11,13H,2,4,6-7,17H2,(H2,18,19). The highest BCUT2D eigenvalue weighted by Gasteiger charge is 2.54. The molecule has 4 N–H and O–H groups in total. The van der Waals surface area contributed by atoms with E-state index in [1.807, 2.05) is 12.1 Å². The summed E-state index contributed by atoms with van der Waals surface area (Å²) in [6.07, 6.45) is 3.18. The molecule has 1 fully saturated rings. The zero-order valence-corrected chi connectivity index (χ0v) is 14.0. The van der Waals surface area contributed by atoms with Crippen LogP contribution in [0.1, 0.15) is 24.8 Å². The van der Waals surface area contributed by atoms with Gasteiger partial charge >= 0.3 is 0 Å². The van der Waals surface area contributed by atoms with Crippen LogP contribution >= 0.6 is 27.7 Å². The molecule has 0 saturated heterocycles. The number of fused-ring (bicyclic) bond motifs is 4. The summed E-state index contributed by atoms with van der Waals surface area (Å²) in [4.78, 5) is 4.88. The van der Waals surface area contributed by atoms with Gasteiger partial charge in [-0.15, -0.1) is 0 Å². The van der Waals surface area contributed by atoms with E-state index in [0.29, 0.717) is 11.1 Å². The van der Waals surface area contributed by atoms with Crippen LogP contribution in [0.25, 0.3) is 0 Å². The van der Waals surface area contributed by atoms with Gasteiger partial charge in [0.2, 0.25) is 0 Å². The Morgan fingerprint density at radius 2 is 2.24 bits per heavy atom. The SMILES string of the molecule is NC1=NC2(CS1)c1cc(Br)ccc1OC1CCC(N)CC12. The van der Waals surface area contributed by atoms with E-state index < -0.39 is 0 Å². The van der Waals surface area contributed by atoms with Crippen LogP contribution < -0.4 is 16.2 Å². The lowest BCUT2D eigenvalue weighted by Gasteiger charge is -2.48. The molecular formula is C15H18BrN3OS. The van der Waals surface area contributed by atoms with Gasteiger partial charge in [-0.05, 0) is 37.5 Å². The van der Waals surface area contributed by atoms with Gasteiger partial charge in [-0.3, -0.25) is 0 Å². The molecule has 4 unspecified atom stereocenters. The highest BCUT2D eigenvalue weighted by atomic mass is 79.9. The highest BCUT2D eigenvalue weighted by Crippen LogP contribution is 2.54. The molecule has 1 spiro atoms. The predicted molar refractivity (Wildman–Crippen MR) is 89.6 cm³/mol. The monoisotopic (exact) mass is 367 g/mol. The van der Waals surface area contributed by atoms with Crippen molar-refractivity contribution >= 4 is 32.9 Å². The normalized spacial score (nSPS) is 37.6. The van der Waals surface area contributed by atoms with Crippen LogP contribution in [0, 0.1) is 5.92 Å². The summed E-state index contributed by atoms with van der Waals surface area (Å²) in [6.45, 7) is 0. The van der Waals surface area contributed by atoms with E-state index in [-0.39, 0.29) is 17.7 Å². The number of aliphatic imine (C=N–C) groups is 1. The molecule has 0 bridgehead atoms. The molecule has 112 valence electrons. The molecule has 1 aliphatic carbocycles. The van der Waals surface area contributed by atoms with Crippen LogP contribution in [0.15, 0.2) is 27.7 Å². The van der Waals surface area contributed by atoms with E-state index in [1.54, 1.807) is 11.8 Å². The first-order valence-electron chi connectivity index (χ1n) is 7.29. The fraction of sp³-hybridized carbons (Fsp3) is 0.533. The number of rotatable bonds is 0. The van der Waals surface area contributed by atoms with Gasteiger partial charge in [0.25, 0.3) is 0 Å². The Balaban J connectivity index is 1.89. The van der Waals surface area contributed by atoms with Gasteiger partial charge in [0.05, 0.1) is 0 Å². The summed E-state index contributed by atoms with van der Waals surface area (Å²) in [5.74, 6) is 2.16. The van der Waals surface area contributed by atoms with E-state index in [4.69, 9.17) is 21.2 Å². The van der Waals surface area contributed by atoms with Gasteiger partial charge in [-0.2, -0.15) is 0 Å². The van der Waals surface area contributed by atoms with Gasteiger partial charge in [-0.1, -0.05) is 27.7 Å². The molecule has 1 saturated carbocycles. The number of thioether (sulfide) groups is 1. The number of nitrogens with two attached hydrogens (primary N) is 2. The Kier molecular flexibility index (Phi) is 3.24. The Morgan fingerprint density at radius 3 is 3.00 bits per heavy atom. The maximum absolute atomic E-state index is 6.27. The number of benzene rings is 1. The predicted octanol–water partition coefficient (Wildman–Crippen LogP) is 2.59. The van der Waals surface area contributed by atoms with Crippen LogP contribution in [-0.2, 0) is 5.54 Å². The number of amidine groups is 1. The molecule has 2 aliphatic heterocycles. The molecule has 0 aromatic heterocycles. The Hall–Kier alpha value is -0.720. The number of ether oxygens (including phenoxy) is 1. The Morgan fingerprint density at radius 1 is 1.38 bits per heavy atom. The van der Waals surface area contributed by atoms with E-state index in [1.165, 1.54) is 0 Å². The summed E-state index contributed by atoms with van der Waals surface area (Å²) in [7, 11) is 0. The molecule has 1 aromatic carbocycles. The largest absolute Gasteiger partial charge is 0.490 e. The van der Waals surface area contributed by atoms with E-state index in [0.717, 1.165) is 40.8 Å². The van der Waals surface area contributed by atoms with E-state index in [2.05, 4.69) is 22.0 Å². The molecule has 4 nitrogen and oxygen atoms in total. The average molecular weight is 368 g/mol. The molecule has 1 aromatic rings. The molecule has 3 aliphatic rings. The Bertz CT molecular complexity index is 623. The van der Waals surface area contributed by atoms with Crippen molar-refractivity contribution in [3.05, 3.63) is 28.2 Å². The third-order valence-electron chi connectivity index (χ3n) is 4.88. The maximum Gasteiger partial charge on any atom is 0.154 e. The first-order valence-corrected chi connectivity index (χ1v) is 9.07. The highest BCUT2D eigenvalue weighted by molar-refractivity contribution is 9.10. The first-order chi connectivity index (χ1) is 10.1. The fourth-order valence-electron chi connectivity index (χ4n) is 3.90. The number of nitrogens with zero attached hydrogens (tertiary/aromatic N) is 1. The number of hydrogen-bond donors (Lipinski definition) is 2. The van der Waals surface area contributed by atoms with Crippen molar-refractivity contribution in [2.24, 2.45) is 22.4 Å². The topological polar surface area (TPSA) is 73.6 Å². The molecule has 4 rings (SSSR count). The lowest BCUT2D eigenvalue weighted by atomic mass is 9.68. The van der Waals surface area contributed by atoms with Gasteiger partial charge in [0.15, 0.2) is 5.17 Å². The average Bonchev–Trinajstić information content (AvgIpc) is 2.84. The van der Waals surface area contributed by atoms with Crippen molar-refractivity contribution < 1.29 is 4.74 Å². The third kappa shape index (κ3) is 2.11. The van der Waals surface area contributed by atoms with E-state index in [9.17, 15) is 0 Å². The maximum atomic E-state index is 6.27. The van der Waals surface area contributed by atoms with Crippen LogP contribution in [0.4, 0.5) is 0 Å². The molecule has 6 heteroatoms. The lowest BCUT2D eigenvalue weighted by molar-refractivity contribution is 0.0205. The Labute approximate surface area is 136 Å². The second-order valence-electron chi connectivity index (χ2n) is 6.14. The molecule has 21 heavy (non-hydrogen) atoms.